The molecule has 0 saturated heterocycles. The van der Waals surface area contributed by atoms with Gasteiger partial charge in [0.2, 0.25) is 5.91 Å². The van der Waals surface area contributed by atoms with Gasteiger partial charge >= 0.3 is 0 Å². The summed E-state index contributed by atoms with van der Waals surface area (Å²) in [5.74, 6) is 0.494. The predicted octanol–water partition coefficient (Wildman–Crippen LogP) is 1.79. The number of nitrogens with two attached hydrogens (primary N) is 1. The highest BCUT2D eigenvalue weighted by Crippen LogP contribution is 2.29. The Balaban J connectivity index is 2.00. The predicted molar refractivity (Wildman–Crippen MR) is 82.7 cm³/mol. The minimum Gasteiger partial charge on any atom is -0.330 e. The Kier molecular flexibility index (Phi) is 5.00. The monoisotopic (exact) mass is 310 g/mol. The van der Waals surface area contributed by atoms with Crippen LogP contribution in [-0.2, 0) is 14.6 Å². The molecule has 1 amide bonds. The molecule has 1 aliphatic carbocycles. The molecule has 116 valence electrons. The molecule has 0 heterocycles. The minimum absolute atomic E-state index is 0.00492. The van der Waals surface area contributed by atoms with E-state index < -0.39 is 9.84 Å². The maximum absolute atomic E-state index is 12.2. The summed E-state index contributed by atoms with van der Waals surface area (Å²) in [5.41, 5.74) is 6.18. The summed E-state index contributed by atoms with van der Waals surface area (Å²) in [6.07, 6.45) is 4.82. The molecule has 0 atom stereocenters. The van der Waals surface area contributed by atoms with Crippen LogP contribution in [-0.4, -0.2) is 27.1 Å². The van der Waals surface area contributed by atoms with Crippen molar-refractivity contribution in [1.29, 1.82) is 0 Å². The van der Waals surface area contributed by atoms with Crippen molar-refractivity contribution < 1.29 is 13.2 Å². The van der Waals surface area contributed by atoms with Crippen LogP contribution in [0.3, 0.4) is 0 Å². The summed E-state index contributed by atoms with van der Waals surface area (Å²) in [4.78, 5) is 12.4. The minimum atomic E-state index is -3.26. The standard InChI is InChI=1S/C15H22N2O3S/c1-21(19,20)14-4-2-3-13(9-14)17-15(18)12-7-5-11(10-16)6-8-12/h2-4,9,11-12H,5-8,10,16H2,1H3,(H,17,18). The molecule has 0 spiro atoms. The molecule has 0 aromatic heterocycles. The lowest BCUT2D eigenvalue weighted by Gasteiger charge is -2.26. The number of rotatable bonds is 4. The first-order valence-corrected chi connectivity index (χ1v) is 9.10. The van der Waals surface area contributed by atoms with Crippen LogP contribution < -0.4 is 11.1 Å². The summed E-state index contributed by atoms with van der Waals surface area (Å²) in [5, 5.41) is 2.82. The molecule has 0 aliphatic heterocycles. The number of amides is 1. The number of hydrogen-bond donors (Lipinski definition) is 2. The number of hydrogen-bond acceptors (Lipinski definition) is 4. The fourth-order valence-corrected chi connectivity index (χ4v) is 3.38. The maximum atomic E-state index is 12.2. The average Bonchev–Trinajstić information content (AvgIpc) is 2.47. The first-order chi connectivity index (χ1) is 9.90. The van der Waals surface area contributed by atoms with Crippen LogP contribution in [0.1, 0.15) is 25.7 Å². The lowest BCUT2D eigenvalue weighted by Crippen LogP contribution is -2.29. The number of carbonyl (C=O) groups excluding carboxylic acids is 1. The van der Waals surface area contributed by atoms with E-state index in [9.17, 15) is 13.2 Å². The Hall–Kier alpha value is -1.40. The van der Waals surface area contributed by atoms with E-state index in [-0.39, 0.29) is 16.7 Å². The number of nitrogens with one attached hydrogen (secondary N) is 1. The summed E-state index contributed by atoms with van der Waals surface area (Å²) in [6, 6.07) is 6.37. The molecule has 1 aromatic carbocycles. The van der Waals surface area contributed by atoms with Crippen molar-refractivity contribution in [3.05, 3.63) is 24.3 Å². The first-order valence-electron chi connectivity index (χ1n) is 7.21. The zero-order chi connectivity index (χ0) is 15.5. The van der Waals surface area contributed by atoms with Crippen LogP contribution >= 0.6 is 0 Å². The first kappa shape index (κ1) is 16.0. The Bertz CT molecular complexity index is 605. The molecule has 6 heteroatoms. The van der Waals surface area contributed by atoms with Crippen molar-refractivity contribution in [2.75, 3.05) is 18.1 Å². The summed E-state index contributed by atoms with van der Waals surface area (Å²) < 4.78 is 23.0. The lowest BCUT2D eigenvalue weighted by atomic mass is 9.81. The molecule has 1 fully saturated rings. The average molecular weight is 310 g/mol. The molecule has 1 aliphatic rings. The fourth-order valence-electron chi connectivity index (χ4n) is 2.71. The van der Waals surface area contributed by atoms with Gasteiger partial charge in [-0.3, -0.25) is 4.79 Å². The quantitative estimate of drug-likeness (QED) is 0.887. The van der Waals surface area contributed by atoms with Crippen molar-refractivity contribution in [2.24, 2.45) is 17.6 Å². The van der Waals surface area contributed by atoms with Crippen molar-refractivity contribution in [2.45, 2.75) is 30.6 Å². The van der Waals surface area contributed by atoms with Gasteiger partial charge in [0.25, 0.3) is 0 Å². The third kappa shape index (κ3) is 4.28. The number of benzene rings is 1. The van der Waals surface area contributed by atoms with E-state index in [1.165, 1.54) is 12.1 Å². The van der Waals surface area contributed by atoms with Gasteiger partial charge in [0.05, 0.1) is 4.90 Å². The van der Waals surface area contributed by atoms with Crippen LogP contribution in [0.2, 0.25) is 0 Å². The van der Waals surface area contributed by atoms with Gasteiger partial charge in [-0.25, -0.2) is 8.42 Å². The second-order valence-electron chi connectivity index (χ2n) is 5.74. The Labute approximate surface area is 125 Å². The lowest BCUT2D eigenvalue weighted by molar-refractivity contribution is -0.121. The Morgan fingerprint density at radius 1 is 1.29 bits per heavy atom. The highest BCUT2D eigenvalue weighted by atomic mass is 32.2. The molecule has 5 nitrogen and oxygen atoms in total. The summed E-state index contributed by atoms with van der Waals surface area (Å²) >= 11 is 0. The molecular formula is C15H22N2O3S. The third-order valence-corrected chi connectivity index (χ3v) is 5.19. The zero-order valence-electron chi connectivity index (χ0n) is 12.2. The SMILES string of the molecule is CS(=O)(=O)c1cccc(NC(=O)C2CCC(CN)CC2)c1. The fraction of sp³-hybridized carbons (Fsp3) is 0.533. The van der Waals surface area contributed by atoms with Crippen LogP contribution in [0, 0.1) is 11.8 Å². The van der Waals surface area contributed by atoms with Gasteiger partial charge in [0.1, 0.15) is 0 Å². The molecule has 2 rings (SSSR count). The number of anilines is 1. The van der Waals surface area contributed by atoms with E-state index in [1.807, 2.05) is 0 Å². The van der Waals surface area contributed by atoms with E-state index in [2.05, 4.69) is 5.32 Å². The van der Waals surface area contributed by atoms with Crippen molar-refractivity contribution in [1.82, 2.24) is 0 Å². The van der Waals surface area contributed by atoms with Crippen LogP contribution in [0.25, 0.3) is 0 Å². The normalized spacial score (nSPS) is 22.8. The van der Waals surface area contributed by atoms with Gasteiger partial charge < -0.3 is 11.1 Å². The van der Waals surface area contributed by atoms with Gasteiger partial charge in [0, 0.05) is 17.9 Å². The second-order valence-corrected chi connectivity index (χ2v) is 7.76. The van der Waals surface area contributed by atoms with E-state index >= 15 is 0 Å². The molecule has 0 radical (unpaired) electrons. The zero-order valence-corrected chi connectivity index (χ0v) is 13.0. The molecule has 1 aromatic rings. The van der Waals surface area contributed by atoms with Crippen molar-refractivity contribution in [3.63, 3.8) is 0 Å². The van der Waals surface area contributed by atoms with E-state index in [4.69, 9.17) is 5.73 Å². The topological polar surface area (TPSA) is 89.3 Å². The molecule has 1 saturated carbocycles. The van der Waals surface area contributed by atoms with Crippen LogP contribution in [0.15, 0.2) is 29.2 Å². The van der Waals surface area contributed by atoms with E-state index in [1.54, 1.807) is 12.1 Å². The van der Waals surface area contributed by atoms with Gasteiger partial charge in [-0.2, -0.15) is 0 Å². The second kappa shape index (κ2) is 6.58. The smallest absolute Gasteiger partial charge is 0.227 e. The van der Waals surface area contributed by atoms with Gasteiger partial charge in [0.15, 0.2) is 9.84 Å². The van der Waals surface area contributed by atoms with E-state index in [0.717, 1.165) is 31.9 Å². The third-order valence-electron chi connectivity index (χ3n) is 4.08. The maximum Gasteiger partial charge on any atom is 0.227 e. The Morgan fingerprint density at radius 2 is 1.95 bits per heavy atom. The highest BCUT2D eigenvalue weighted by Gasteiger charge is 2.25. The number of carbonyl (C=O) groups is 1. The van der Waals surface area contributed by atoms with E-state index in [0.29, 0.717) is 18.2 Å². The summed E-state index contributed by atoms with van der Waals surface area (Å²) in [7, 11) is -3.26. The van der Waals surface area contributed by atoms with Crippen LogP contribution in [0.5, 0.6) is 0 Å². The number of sulfone groups is 1. The van der Waals surface area contributed by atoms with Crippen molar-refractivity contribution in [3.8, 4) is 0 Å². The molecular weight excluding hydrogens is 288 g/mol. The Morgan fingerprint density at radius 3 is 2.52 bits per heavy atom. The highest BCUT2D eigenvalue weighted by molar-refractivity contribution is 7.90. The van der Waals surface area contributed by atoms with Crippen LogP contribution in [0.4, 0.5) is 5.69 Å². The molecule has 0 unspecified atom stereocenters. The van der Waals surface area contributed by atoms with Crippen molar-refractivity contribution >= 4 is 21.4 Å². The van der Waals surface area contributed by atoms with Gasteiger partial charge in [-0.1, -0.05) is 6.07 Å². The molecule has 3 N–H and O–H groups in total. The molecule has 0 bridgehead atoms. The van der Waals surface area contributed by atoms with Gasteiger partial charge in [-0.15, -0.1) is 0 Å². The molecule has 21 heavy (non-hydrogen) atoms. The largest absolute Gasteiger partial charge is 0.330 e. The van der Waals surface area contributed by atoms with Gasteiger partial charge in [-0.05, 0) is 56.3 Å². The summed E-state index contributed by atoms with van der Waals surface area (Å²) in [6.45, 7) is 0.685.